The predicted molar refractivity (Wildman–Crippen MR) is 89.3 cm³/mol. The van der Waals surface area contributed by atoms with Crippen LogP contribution in [0.15, 0.2) is 23.4 Å². The third-order valence-corrected chi connectivity index (χ3v) is 3.72. The van der Waals surface area contributed by atoms with Crippen molar-refractivity contribution in [3.8, 4) is 5.75 Å². The van der Waals surface area contributed by atoms with Crippen molar-refractivity contribution in [2.24, 2.45) is 5.10 Å². The van der Waals surface area contributed by atoms with Gasteiger partial charge in [-0.1, -0.05) is 34.8 Å². The number of benzene rings is 1. The van der Waals surface area contributed by atoms with Gasteiger partial charge in [0, 0.05) is 22.3 Å². The second-order valence-corrected chi connectivity index (χ2v) is 5.65. The van der Waals surface area contributed by atoms with Gasteiger partial charge in [-0.25, -0.2) is 0 Å². The van der Waals surface area contributed by atoms with E-state index < -0.39 is 0 Å². The first kappa shape index (κ1) is 16.8. The van der Waals surface area contributed by atoms with E-state index in [-0.39, 0.29) is 12.4 Å². The number of aromatic nitrogens is 1. The maximum atomic E-state index is 9.99. The van der Waals surface area contributed by atoms with Crippen molar-refractivity contribution in [3.63, 3.8) is 0 Å². The van der Waals surface area contributed by atoms with Gasteiger partial charge in [0.15, 0.2) is 0 Å². The van der Waals surface area contributed by atoms with Crippen LogP contribution in [0.5, 0.6) is 5.75 Å². The Morgan fingerprint density at radius 1 is 1.27 bits per heavy atom. The number of rotatable bonds is 4. The average Bonchev–Trinajstić information content (AvgIpc) is 2.46. The highest BCUT2D eigenvalue weighted by atomic mass is 35.5. The van der Waals surface area contributed by atoms with E-state index in [4.69, 9.17) is 34.8 Å². The van der Waals surface area contributed by atoms with Crippen molar-refractivity contribution in [1.82, 2.24) is 4.98 Å². The maximum Gasteiger partial charge on any atom is 0.145 e. The smallest absolute Gasteiger partial charge is 0.145 e. The zero-order valence-corrected chi connectivity index (χ0v) is 13.7. The molecule has 0 spiro atoms. The molecule has 0 saturated heterocycles. The molecular formula is C14H12Cl3N3O2. The molecule has 1 heterocycles. The summed E-state index contributed by atoms with van der Waals surface area (Å²) >= 11 is 17.9. The number of aryl methyl sites for hydroxylation is 1. The Morgan fingerprint density at radius 2 is 1.91 bits per heavy atom. The lowest BCUT2D eigenvalue weighted by Crippen LogP contribution is -2.00. The lowest BCUT2D eigenvalue weighted by atomic mass is 10.1. The fraction of sp³-hybridized carbons (Fsp3) is 0.143. The maximum absolute atomic E-state index is 9.99. The van der Waals surface area contributed by atoms with Crippen molar-refractivity contribution in [3.05, 3.63) is 50.2 Å². The zero-order chi connectivity index (χ0) is 16.3. The Bertz CT molecular complexity index is 713. The van der Waals surface area contributed by atoms with Crippen LogP contribution >= 0.6 is 34.8 Å². The van der Waals surface area contributed by atoms with Crippen LogP contribution in [0.2, 0.25) is 15.1 Å². The second kappa shape index (κ2) is 7.15. The van der Waals surface area contributed by atoms with E-state index in [1.54, 1.807) is 6.92 Å². The topological polar surface area (TPSA) is 77.7 Å². The Labute approximate surface area is 142 Å². The normalized spacial score (nSPS) is 11.1. The third-order valence-electron chi connectivity index (χ3n) is 2.91. The zero-order valence-electron chi connectivity index (χ0n) is 11.4. The fourth-order valence-corrected chi connectivity index (χ4v) is 2.63. The van der Waals surface area contributed by atoms with E-state index in [1.165, 1.54) is 24.5 Å². The number of hydrogen-bond acceptors (Lipinski definition) is 5. The SMILES string of the molecule is Cc1ncc(CO)c(/C=N/Nc2c(Cl)cc(Cl)cc2Cl)c1O. The highest BCUT2D eigenvalue weighted by Crippen LogP contribution is 2.33. The molecule has 2 aromatic rings. The van der Waals surface area contributed by atoms with Gasteiger partial charge in [0.25, 0.3) is 0 Å². The predicted octanol–water partition coefficient (Wildman–Crippen LogP) is 3.99. The van der Waals surface area contributed by atoms with E-state index in [1.807, 2.05) is 0 Å². The van der Waals surface area contributed by atoms with Gasteiger partial charge in [-0.3, -0.25) is 10.4 Å². The van der Waals surface area contributed by atoms with Crippen molar-refractivity contribution in [2.75, 3.05) is 5.43 Å². The molecule has 1 aromatic heterocycles. The molecule has 0 saturated carbocycles. The molecule has 0 radical (unpaired) electrons. The number of nitrogens with zero attached hydrogens (tertiary/aromatic N) is 2. The molecule has 0 amide bonds. The number of nitrogens with one attached hydrogen (secondary N) is 1. The Kier molecular flexibility index (Phi) is 5.47. The van der Waals surface area contributed by atoms with E-state index >= 15 is 0 Å². The van der Waals surface area contributed by atoms with Crippen LogP contribution in [0.4, 0.5) is 5.69 Å². The molecule has 2 rings (SSSR count). The van der Waals surface area contributed by atoms with Crippen LogP contribution < -0.4 is 5.43 Å². The van der Waals surface area contributed by atoms with Gasteiger partial charge < -0.3 is 10.2 Å². The Morgan fingerprint density at radius 3 is 2.50 bits per heavy atom. The summed E-state index contributed by atoms with van der Waals surface area (Å²) in [4.78, 5) is 3.97. The summed E-state index contributed by atoms with van der Waals surface area (Å²) in [5.74, 6) is -0.0506. The third kappa shape index (κ3) is 3.62. The van der Waals surface area contributed by atoms with Crippen LogP contribution in [0.3, 0.4) is 0 Å². The number of halogens is 3. The number of hydrazone groups is 1. The van der Waals surface area contributed by atoms with Crippen LogP contribution in [0.1, 0.15) is 16.8 Å². The number of aromatic hydroxyl groups is 1. The minimum atomic E-state index is -0.273. The molecule has 5 nitrogen and oxygen atoms in total. The summed E-state index contributed by atoms with van der Waals surface area (Å²) in [6.45, 7) is 1.37. The van der Waals surface area contributed by atoms with Gasteiger partial charge in [0.2, 0.25) is 0 Å². The standard InChI is InChI=1S/C14H12Cl3N3O2/c1-7-14(22)10(8(6-21)4-18-7)5-19-20-13-11(16)2-9(15)3-12(13)17/h2-5,20-22H,6H2,1H3/b19-5+. The molecule has 0 aliphatic rings. The summed E-state index contributed by atoms with van der Waals surface area (Å²) in [6, 6.07) is 3.06. The highest BCUT2D eigenvalue weighted by molar-refractivity contribution is 6.41. The first-order valence-electron chi connectivity index (χ1n) is 6.16. The molecule has 0 aliphatic carbocycles. The summed E-state index contributed by atoms with van der Waals surface area (Å²) in [5, 5.41) is 24.3. The van der Waals surface area contributed by atoms with E-state index in [0.29, 0.717) is 37.6 Å². The van der Waals surface area contributed by atoms with Crippen LogP contribution in [-0.4, -0.2) is 21.4 Å². The van der Waals surface area contributed by atoms with Gasteiger partial charge in [0.1, 0.15) is 5.75 Å². The van der Waals surface area contributed by atoms with E-state index in [9.17, 15) is 10.2 Å². The molecule has 3 N–H and O–H groups in total. The lowest BCUT2D eigenvalue weighted by molar-refractivity contribution is 0.280. The van der Waals surface area contributed by atoms with Crippen LogP contribution in [0, 0.1) is 6.92 Å². The first-order valence-corrected chi connectivity index (χ1v) is 7.29. The summed E-state index contributed by atoms with van der Waals surface area (Å²) < 4.78 is 0. The monoisotopic (exact) mass is 359 g/mol. The van der Waals surface area contributed by atoms with Crippen molar-refractivity contribution in [1.29, 1.82) is 0 Å². The lowest BCUT2D eigenvalue weighted by Gasteiger charge is -2.09. The van der Waals surface area contributed by atoms with Gasteiger partial charge in [-0.2, -0.15) is 5.10 Å². The quantitative estimate of drug-likeness (QED) is 0.569. The van der Waals surface area contributed by atoms with Crippen LogP contribution in [0.25, 0.3) is 0 Å². The van der Waals surface area contributed by atoms with Gasteiger partial charge >= 0.3 is 0 Å². The molecule has 0 fully saturated rings. The number of hydrogen-bond donors (Lipinski definition) is 3. The van der Waals surface area contributed by atoms with Crippen molar-refractivity contribution in [2.45, 2.75) is 13.5 Å². The van der Waals surface area contributed by atoms with E-state index in [2.05, 4.69) is 15.5 Å². The second-order valence-electron chi connectivity index (χ2n) is 4.40. The van der Waals surface area contributed by atoms with Crippen molar-refractivity contribution >= 4 is 46.7 Å². The highest BCUT2D eigenvalue weighted by Gasteiger charge is 2.10. The van der Waals surface area contributed by atoms with E-state index in [0.717, 1.165) is 0 Å². The molecule has 116 valence electrons. The number of anilines is 1. The minimum Gasteiger partial charge on any atom is -0.505 e. The molecule has 0 aliphatic heterocycles. The number of aliphatic hydroxyl groups is 1. The Balaban J connectivity index is 2.30. The van der Waals surface area contributed by atoms with Gasteiger partial charge in [-0.15, -0.1) is 0 Å². The summed E-state index contributed by atoms with van der Waals surface area (Å²) in [7, 11) is 0. The minimum absolute atomic E-state index is 0.0506. The number of pyridine rings is 1. The van der Waals surface area contributed by atoms with Crippen molar-refractivity contribution < 1.29 is 10.2 Å². The first-order chi connectivity index (χ1) is 10.4. The molecule has 8 heteroatoms. The molecule has 0 unspecified atom stereocenters. The van der Waals surface area contributed by atoms with Gasteiger partial charge in [0.05, 0.1) is 34.2 Å². The molecule has 22 heavy (non-hydrogen) atoms. The number of aliphatic hydroxyl groups excluding tert-OH is 1. The molecular weight excluding hydrogens is 349 g/mol. The fourth-order valence-electron chi connectivity index (χ4n) is 1.73. The Hall–Kier alpha value is -1.53. The summed E-state index contributed by atoms with van der Waals surface area (Å²) in [6.07, 6.45) is 2.83. The van der Waals surface area contributed by atoms with Crippen LogP contribution in [-0.2, 0) is 6.61 Å². The molecule has 0 bridgehead atoms. The molecule has 0 atom stereocenters. The van der Waals surface area contributed by atoms with Gasteiger partial charge in [-0.05, 0) is 19.1 Å². The largest absolute Gasteiger partial charge is 0.505 e. The molecule has 1 aromatic carbocycles. The average molecular weight is 361 g/mol. The summed E-state index contributed by atoms with van der Waals surface area (Å²) in [5.41, 5.74) is 4.32.